The van der Waals surface area contributed by atoms with Crippen LogP contribution < -0.4 is 5.73 Å². The minimum atomic E-state index is 0.604. The summed E-state index contributed by atoms with van der Waals surface area (Å²) in [5.74, 6) is 4.15. The van der Waals surface area contributed by atoms with Gasteiger partial charge in [-0.05, 0) is 43.2 Å². The first-order valence-corrected chi connectivity index (χ1v) is 9.82. The molecule has 2 N–H and O–H groups in total. The van der Waals surface area contributed by atoms with Gasteiger partial charge in [-0.15, -0.1) is 0 Å². The molecule has 2 saturated heterocycles. The first-order chi connectivity index (χ1) is 12.7. The normalized spacial score (nSPS) is 31.0. The molecular weight excluding hydrogens is 326 g/mol. The predicted octanol–water partition coefficient (Wildman–Crippen LogP) is 2.21. The highest BCUT2D eigenvalue weighted by Crippen LogP contribution is 2.57. The summed E-state index contributed by atoms with van der Waals surface area (Å²) in [5, 5.41) is 0. The Labute approximate surface area is 153 Å². The second-order valence-electron chi connectivity index (χ2n) is 8.56. The maximum absolute atomic E-state index is 5.88. The van der Waals surface area contributed by atoms with Crippen LogP contribution in [-0.2, 0) is 4.74 Å². The summed E-state index contributed by atoms with van der Waals surface area (Å²) in [4.78, 5) is 12.0. The van der Waals surface area contributed by atoms with Gasteiger partial charge in [0.1, 0.15) is 11.6 Å². The fourth-order valence-corrected chi connectivity index (χ4v) is 4.83. The Morgan fingerprint density at radius 2 is 1.96 bits per heavy atom. The SMILES string of the molecule is Cc1cc(-c2cn([C@H]3[C@@H]4CN(C5COC5)C[C@@H]43)c(C3CC3)n2)cnc1N. The van der Waals surface area contributed by atoms with E-state index in [2.05, 4.69) is 26.7 Å². The maximum atomic E-state index is 5.88. The molecule has 0 aromatic carbocycles. The van der Waals surface area contributed by atoms with E-state index in [1.807, 2.05) is 13.1 Å². The Kier molecular flexibility index (Phi) is 3.09. The Hall–Kier alpha value is -1.92. The highest BCUT2D eigenvalue weighted by atomic mass is 16.5. The summed E-state index contributed by atoms with van der Waals surface area (Å²) >= 11 is 0. The third-order valence-electron chi connectivity index (χ3n) is 6.75. The molecule has 2 aliphatic heterocycles. The van der Waals surface area contributed by atoms with Crippen molar-refractivity contribution in [3.8, 4) is 11.3 Å². The lowest BCUT2D eigenvalue weighted by atomic mass is 10.1. The van der Waals surface area contributed by atoms with Crippen LogP contribution in [0.4, 0.5) is 5.82 Å². The summed E-state index contributed by atoms with van der Waals surface area (Å²) in [5.41, 5.74) is 9.04. The van der Waals surface area contributed by atoms with E-state index in [4.69, 9.17) is 15.5 Å². The number of nitrogens with two attached hydrogens (primary N) is 1. The van der Waals surface area contributed by atoms with Gasteiger partial charge in [0.05, 0.1) is 24.9 Å². The van der Waals surface area contributed by atoms with E-state index in [-0.39, 0.29) is 0 Å². The van der Waals surface area contributed by atoms with Gasteiger partial charge < -0.3 is 15.0 Å². The molecule has 0 unspecified atom stereocenters. The third kappa shape index (κ3) is 2.25. The molecule has 0 spiro atoms. The summed E-state index contributed by atoms with van der Waals surface area (Å²) in [7, 11) is 0. The minimum absolute atomic E-state index is 0.604. The molecule has 2 aromatic heterocycles. The summed E-state index contributed by atoms with van der Waals surface area (Å²) in [6.45, 7) is 6.31. The predicted molar refractivity (Wildman–Crippen MR) is 98.8 cm³/mol. The number of nitrogens with zero attached hydrogens (tertiary/aromatic N) is 4. The number of pyridine rings is 1. The molecule has 26 heavy (non-hydrogen) atoms. The van der Waals surface area contributed by atoms with E-state index in [1.165, 1.54) is 31.8 Å². The number of fused-ring (bicyclic) bond motifs is 1. The van der Waals surface area contributed by atoms with Gasteiger partial charge in [-0.2, -0.15) is 0 Å². The van der Waals surface area contributed by atoms with Crippen molar-refractivity contribution in [1.29, 1.82) is 0 Å². The second-order valence-corrected chi connectivity index (χ2v) is 8.56. The van der Waals surface area contributed by atoms with Gasteiger partial charge in [0, 0.05) is 43.0 Å². The van der Waals surface area contributed by atoms with E-state index in [1.54, 1.807) is 0 Å². The van der Waals surface area contributed by atoms with Crippen LogP contribution >= 0.6 is 0 Å². The molecular formula is C20H25N5O. The molecule has 6 rings (SSSR count). The number of rotatable bonds is 4. The third-order valence-corrected chi connectivity index (χ3v) is 6.75. The lowest BCUT2D eigenvalue weighted by Crippen LogP contribution is -2.49. The Morgan fingerprint density at radius 1 is 1.19 bits per heavy atom. The molecule has 4 heterocycles. The fourth-order valence-electron chi connectivity index (χ4n) is 4.83. The summed E-state index contributed by atoms with van der Waals surface area (Å²) < 4.78 is 7.88. The number of aromatic nitrogens is 3. The zero-order valence-corrected chi connectivity index (χ0v) is 15.1. The number of hydrogen-bond acceptors (Lipinski definition) is 5. The van der Waals surface area contributed by atoms with Gasteiger partial charge in [0.2, 0.25) is 0 Å². The number of hydrogen-bond donors (Lipinski definition) is 1. The van der Waals surface area contributed by atoms with Crippen molar-refractivity contribution < 1.29 is 4.74 Å². The van der Waals surface area contributed by atoms with Crippen molar-refractivity contribution in [2.75, 3.05) is 32.0 Å². The van der Waals surface area contributed by atoms with E-state index < -0.39 is 0 Å². The molecule has 2 saturated carbocycles. The van der Waals surface area contributed by atoms with Gasteiger partial charge in [-0.25, -0.2) is 9.97 Å². The van der Waals surface area contributed by atoms with Crippen molar-refractivity contribution in [2.24, 2.45) is 11.8 Å². The Bertz CT molecular complexity index is 857. The maximum Gasteiger partial charge on any atom is 0.126 e. The van der Waals surface area contributed by atoms with Crippen LogP contribution in [0.15, 0.2) is 18.5 Å². The molecule has 136 valence electrons. The van der Waals surface area contributed by atoms with E-state index >= 15 is 0 Å². The van der Waals surface area contributed by atoms with Gasteiger partial charge in [-0.3, -0.25) is 4.90 Å². The molecule has 0 amide bonds. The van der Waals surface area contributed by atoms with Crippen LogP contribution in [0, 0.1) is 18.8 Å². The monoisotopic (exact) mass is 351 g/mol. The minimum Gasteiger partial charge on any atom is -0.383 e. The topological polar surface area (TPSA) is 69.2 Å². The first-order valence-electron chi connectivity index (χ1n) is 9.82. The van der Waals surface area contributed by atoms with Crippen molar-refractivity contribution in [1.82, 2.24) is 19.4 Å². The zero-order valence-electron chi connectivity index (χ0n) is 15.1. The van der Waals surface area contributed by atoms with E-state index in [0.29, 0.717) is 23.8 Å². The molecule has 2 aromatic rings. The van der Waals surface area contributed by atoms with Crippen LogP contribution in [-0.4, -0.2) is 51.8 Å². The Morgan fingerprint density at radius 3 is 2.58 bits per heavy atom. The fraction of sp³-hybridized carbons (Fsp3) is 0.600. The number of anilines is 1. The Balaban J connectivity index is 1.28. The molecule has 4 aliphatic rings. The van der Waals surface area contributed by atoms with Crippen molar-refractivity contribution >= 4 is 5.82 Å². The van der Waals surface area contributed by atoms with Gasteiger partial charge in [-0.1, -0.05) is 0 Å². The number of aryl methyl sites for hydroxylation is 1. The van der Waals surface area contributed by atoms with Crippen molar-refractivity contribution in [2.45, 2.75) is 37.8 Å². The molecule has 6 heteroatoms. The second kappa shape index (κ2) is 5.30. The molecule has 0 bridgehead atoms. The van der Waals surface area contributed by atoms with E-state index in [9.17, 15) is 0 Å². The van der Waals surface area contributed by atoms with Gasteiger partial charge in [0.15, 0.2) is 0 Å². The highest BCUT2D eigenvalue weighted by Gasteiger charge is 2.59. The van der Waals surface area contributed by atoms with Crippen LogP contribution in [0.2, 0.25) is 0 Å². The number of likely N-dealkylation sites (tertiary alicyclic amines) is 1. The smallest absolute Gasteiger partial charge is 0.126 e. The summed E-state index contributed by atoms with van der Waals surface area (Å²) in [6, 6.07) is 3.43. The zero-order chi connectivity index (χ0) is 17.4. The molecule has 2 aliphatic carbocycles. The molecule has 6 nitrogen and oxygen atoms in total. The van der Waals surface area contributed by atoms with E-state index in [0.717, 1.165) is 41.9 Å². The molecule has 0 radical (unpaired) electrons. The number of ether oxygens (including phenoxy) is 1. The lowest BCUT2D eigenvalue weighted by Gasteiger charge is -2.36. The quantitative estimate of drug-likeness (QED) is 0.915. The molecule has 4 fully saturated rings. The first kappa shape index (κ1) is 15.2. The van der Waals surface area contributed by atoms with Gasteiger partial charge >= 0.3 is 0 Å². The van der Waals surface area contributed by atoms with Crippen LogP contribution in [0.1, 0.15) is 36.2 Å². The van der Waals surface area contributed by atoms with Crippen molar-refractivity contribution in [3.63, 3.8) is 0 Å². The lowest BCUT2D eigenvalue weighted by molar-refractivity contribution is -0.0616. The number of piperidine rings is 1. The van der Waals surface area contributed by atoms with Crippen LogP contribution in [0.3, 0.4) is 0 Å². The number of imidazole rings is 1. The number of nitrogen functional groups attached to an aromatic ring is 1. The van der Waals surface area contributed by atoms with Crippen LogP contribution in [0.25, 0.3) is 11.3 Å². The largest absolute Gasteiger partial charge is 0.383 e. The summed E-state index contributed by atoms with van der Waals surface area (Å²) in [6.07, 6.45) is 6.70. The average molecular weight is 351 g/mol. The average Bonchev–Trinajstić information content (AvgIpc) is 3.45. The standard InChI is InChI=1S/C20H25N5O/c1-11-4-13(5-22-19(11)21)17-8-25(20(23-17)12-2-3-12)18-15-6-24(7-16(15)18)14-9-26-10-14/h4-5,8,12,14-16,18H,2-3,6-7,9-10H2,1H3,(H2,21,22)/t15-,16+,18+. The van der Waals surface area contributed by atoms with Gasteiger partial charge in [0.25, 0.3) is 0 Å². The highest BCUT2D eigenvalue weighted by molar-refractivity contribution is 5.61. The van der Waals surface area contributed by atoms with Crippen molar-refractivity contribution in [3.05, 3.63) is 29.8 Å². The molecule has 3 atom stereocenters. The van der Waals surface area contributed by atoms with Crippen LogP contribution in [0.5, 0.6) is 0 Å².